The molecule has 0 amide bonds. The van der Waals surface area contributed by atoms with Gasteiger partial charge in [0.05, 0.1) is 39.2 Å². The van der Waals surface area contributed by atoms with Crippen molar-refractivity contribution >= 4 is 23.4 Å². The summed E-state index contributed by atoms with van der Waals surface area (Å²) in [6.45, 7) is 2.50. The topological polar surface area (TPSA) is 136 Å². The van der Waals surface area contributed by atoms with E-state index in [9.17, 15) is 14.7 Å². The number of fused-ring (bicyclic) bond motifs is 3. The van der Waals surface area contributed by atoms with E-state index in [0.29, 0.717) is 46.5 Å². The van der Waals surface area contributed by atoms with Gasteiger partial charge in [-0.15, -0.1) is 0 Å². The highest BCUT2D eigenvalue weighted by Crippen LogP contribution is 2.36. The summed E-state index contributed by atoms with van der Waals surface area (Å²) >= 11 is 0. The zero-order chi connectivity index (χ0) is 29.4. The van der Waals surface area contributed by atoms with E-state index in [-0.39, 0.29) is 17.8 Å². The fraction of sp³-hybridized carbons (Fsp3) is 0.161. The summed E-state index contributed by atoms with van der Waals surface area (Å²) in [6, 6.07) is 20.2. The average molecular weight is 565 g/mol. The molecular formula is C31H28N6O5. The van der Waals surface area contributed by atoms with Gasteiger partial charge in [0.1, 0.15) is 34.5 Å². The van der Waals surface area contributed by atoms with Gasteiger partial charge in [-0.2, -0.15) is 0 Å². The number of carbonyl (C=O) groups is 1. The van der Waals surface area contributed by atoms with Crippen LogP contribution in [-0.2, 0) is 13.1 Å². The van der Waals surface area contributed by atoms with E-state index in [0.717, 1.165) is 22.6 Å². The van der Waals surface area contributed by atoms with Gasteiger partial charge in [-0.3, -0.25) is 4.57 Å². The Kier molecular flexibility index (Phi) is 6.83. The van der Waals surface area contributed by atoms with E-state index in [4.69, 9.17) is 14.5 Å². The minimum absolute atomic E-state index is 0.206. The van der Waals surface area contributed by atoms with Crippen LogP contribution in [0.5, 0.6) is 11.5 Å². The van der Waals surface area contributed by atoms with E-state index in [1.54, 1.807) is 50.2 Å². The largest absolute Gasteiger partial charge is 0.497 e. The molecule has 0 unspecified atom stereocenters. The lowest BCUT2D eigenvalue weighted by atomic mass is 10.0. The monoisotopic (exact) mass is 564 g/mol. The number of aromatic nitrogens is 4. The normalized spacial score (nSPS) is 12.0. The maximum Gasteiger partial charge on any atom is 0.335 e. The van der Waals surface area contributed by atoms with Gasteiger partial charge in [0.2, 0.25) is 0 Å². The number of aliphatic imine (C=N–C) groups is 1. The molecule has 11 heteroatoms. The van der Waals surface area contributed by atoms with Gasteiger partial charge in [0.15, 0.2) is 5.82 Å². The molecule has 42 heavy (non-hydrogen) atoms. The zero-order valence-electron chi connectivity index (χ0n) is 23.2. The van der Waals surface area contributed by atoms with Crippen molar-refractivity contribution in [1.29, 1.82) is 0 Å². The summed E-state index contributed by atoms with van der Waals surface area (Å²) < 4.78 is 14.1. The van der Waals surface area contributed by atoms with Gasteiger partial charge in [0.25, 0.3) is 0 Å². The first-order valence-corrected chi connectivity index (χ1v) is 13.2. The summed E-state index contributed by atoms with van der Waals surface area (Å²) in [5.74, 6) is 1.98. The third-order valence-corrected chi connectivity index (χ3v) is 7.23. The maximum absolute atomic E-state index is 13.3. The molecule has 11 nitrogen and oxygen atoms in total. The van der Waals surface area contributed by atoms with Gasteiger partial charge in [-0.05, 0) is 60.0 Å². The number of aromatic amines is 1. The first-order valence-electron chi connectivity index (χ1n) is 13.2. The number of rotatable bonds is 8. The van der Waals surface area contributed by atoms with Crippen LogP contribution in [0.15, 0.2) is 82.8 Å². The minimum Gasteiger partial charge on any atom is -0.497 e. The Morgan fingerprint density at radius 2 is 1.57 bits per heavy atom. The number of aryl methyl sites for hydroxylation is 1. The predicted octanol–water partition coefficient (Wildman–Crippen LogP) is 4.66. The number of aromatic carboxylic acids is 1. The average Bonchev–Trinajstić information content (AvgIpc) is 3.47. The summed E-state index contributed by atoms with van der Waals surface area (Å²) in [5, 5.41) is 12.9. The van der Waals surface area contributed by atoms with Gasteiger partial charge in [0, 0.05) is 5.56 Å². The van der Waals surface area contributed by atoms with Gasteiger partial charge in [-0.25, -0.2) is 19.6 Å². The molecule has 0 atom stereocenters. The Labute approximate surface area is 240 Å². The second-order valence-electron chi connectivity index (χ2n) is 9.90. The van der Waals surface area contributed by atoms with Crippen molar-refractivity contribution in [2.45, 2.75) is 20.0 Å². The van der Waals surface area contributed by atoms with Crippen molar-refractivity contribution in [3.05, 3.63) is 111 Å². The molecule has 0 spiro atoms. The maximum atomic E-state index is 13.3. The Balaban J connectivity index is 1.48. The number of amidine groups is 1. The van der Waals surface area contributed by atoms with Crippen LogP contribution in [0.4, 0.5) is 11.6 Å². The lowest BCUT2D eigenvalue weighted by molar-refractivity contribution is 0.0696. The minimum atomic E-state index is -1.00. The number of methoxy groups -OCH3 is 2. The van der Waals surface area contributed by atoms with Crippen LogP contribution >= 0.6 is 0 Å². The van der Waals surface area contributed by atoms with Crippen molar-refractivity contribution < 1.29 is 19.4 Å². The summed E-state index contributed by atoms with van der Waals surface area (Å²) in [4.78, 5) is 37.6. The number of anilines is 1. The van der Waals surface area contributed by atoms with E-state index >= 15 is 0 Å². The molecule has 3 heterocycles. The quantitative estimate of drug-likeness (QED) is 0.249. The molecule has 0 saturated carbocycles. The zero-order valence-corrected chi connectivity index (χ0v) is 23.2. The number of hydrogen-bond donors (Lipinski definition) is 3. The SMILES string of the molecule is COc1ccc(Cn2cnc3c2N=C(c2ccc(C(=O)O)c(C)c2)Nc2c-3[nH]c(=O)n2Cc2ccc(OC)cc2)cc1. The van der Waals surface area contributed by atoms with E-state index in [1.807, 2.05) is 53.1 Å². The van der Waals surface area contributed by atoms with Crippen LogP contribution in [-0.4, -0.2) is 50.2 Å². The molecule has 212 valence electrons. The number of H-pyrrole nitrogens is 1. The first kappa shape index (κ1) is 26.6. The molecule has 0 aliphatic carbocycles. The molecule has 3 aromatic carbocycles. The van der Waals surface area contributed by atoms with Gasteiger partial charge < -0.3 is 29.4 Å². The fourth-order valence-corrected chi connectivity index (χ4v) is 4.98. The molecule has 0 radical (unpaired) electrons. The van der Waals surface area contributed by atoms with Crippen molar-refractivity contribution in [1.82, 2.24) is 19.1 Å². The van der Waals surface area contributed by atoms with E-state index in [1.165, 1.54) is 0 Å². The summed E-state index contributed by atoms with van der Waals surface area (Å²) in [7, 11) is 3.23. The standard InChI is InChI=1S/C31H28N6O5/c1-18-14-21(8-13-24(18)30(38)39)27-34-28-25(32-17-36(28)15-19-4-9-22(41-2)10-5-19)26-29(35-27)37(31(40)33-26)16-20-6-11-23(42-3)12-7-20/h4-14,17H,15-16H2,1-3H3,(H,33,40)(H,34,35)(H,38,39). The summed E-state index contributed by atoms with van der Waals surface area (Å²) in [5.41, 5.74) is 4.09. The van der Waals surface area contributed by atoms with Crippen LogP contribution in [0.25, 0.3) is 11.4 Å². The molecule has 5 aromatic rings. The number of nitrogens with zero attached hydrogens (tertiary/aromatic N) is 4. The van der Waals surface area contributed by atoms with Crippen LogP contribution in [0.2, 0.25) is 0 Å². The smallest absolute Gasteiger partial charge is 0.335 e. The predicted molar refractivity (Wildman–Crippen MR) is 158 cm³/mol. The van der Waals surface area contributed by atoms with Crippen LogP contribution in [0.3, 0.4) is 0 Å². The number of carboxylic acid groups (broad SMARTS) is 1. The second kappa shape index (κ2) is 10.8. The third kappa shape index (κ3) is 4.92. The third-order valence-electron chi connectivity index (χ3n) is 7.23. The molecule has 0 bridgehead atoms. The van der Waals surface area contributed by atoms with Gasteiger partial charge in [-0.1, -0.05) is 30.3 Å². The molecule has 1 aliphatic heterocycles. The Morgan fingerprint density at radius 3 is 2.17 bits per heavy atom. The van der Waals surface area contributed by atoms with Crippen molar-refractivity contribution in [2.75, 3.05) is 19.5 Å². The van der Waals surface area contributed by atoms with Crippen LogP contribution in [0.1, 0.15) is 32.6 Å². The van der Waals surface area contributed by atoms with Crippen molar-refractivity contribution in [3.63, 3.8) is 0 Å². The van der Waals surface area contributed by atoms with E-state index in [2.05, 4.69) is 15.3 Å². The highest BCUT2D eigenvalue weighted by atomic mass is 16.5. The number of hydrogen-bond acceptors (Lipinski definition) is 7. The lowest BCUT2D eigenvalue weighted by Gasteiger charge is -2.14. The van der Waals surface area contributed by atoms with Crippen molar-refractivity contribution in [3.8, 4) is 22.9 Å². The number of imidazole rings is 2. The molecule has 3 N–H and O–H groups in total. The second-order valence-corrected chi connectivity index (χ2v) is 9.90. The lowest BCUT2D eigenvalue weighted by Crippen LogP contribution is -2.23. The number of ether oxygens (including phenoxy) is 2. The van der Waals surface area contributed by atoms with Crippen LogP contribution < -0.4 is 20.5 Å². The molecule has 1 aliphatic rings. The van der Waals surface area contributed by atoms with Crippen molar-refractivity contribution in [2.24, 2.45) is 4.99 Å². The number of nitrogens with one attached hydrogen (secondary N) is 2. The highest BCUT2D eigenvalue weighted by molar-refractivity contribution is 6.12. The Hall–Kier alpha value is -5.58. The molecule has 0 fully saturated rings. The number of benzene rings is 3. The van der Waals surface area contributed by atoms with E-state index < -0.39 is 5.97 Å². The molecular weight excluding hydrogens is 536 g/mol. The Bertz CT molecular complexity index is 1880. The fourth-order valence-electron chi connectivity index (χ4n) is 4.98. The first-order chi connectivity index (χ1) is 20.3. The molecule has 2 aromatic heterocycles. The van der Waals surface area contributed by atoms with Gasteiger partial charge >= 0.3 is 11.7 Å². The summed E-state index contributed by atoms with van der Waals surface area (Å²) in [6.07, 6.45) is 1.70. The molecule has 6 rings (SSSR count). The Morgan fingerprint density at radius 1 is 0.929 bits per heavy atom. The number of carboxylic acids is 1. The highest BCUT2D eigenvalue weighted by Gasteiger charge is 2.27. The molecule has 0 saturated heterocycles. The van der Waals surface area contributed by atoms with Crippen LogP contribution in [0, 0.1) is 6.92 Å².